The highest BCUT2D eigenvalue weighted by Crippen LogP contribution is 2.33. The van der Waals surface area contributed by atoms with Crippen molar-refractivity contribution in [1.29, 1.82) is 0 Å². The molecular formula is C30H30N2O6S. The number of benzene rings is 3. The molecule has 0 radical (unpaired) electrons. The summed E-state index contributed by atoms with van der Waals surface area (Å²) in [4.78, 5) is 4.40. The molecule has 1 fully saturated rings. The van der Waals surface area contributed by atoms with Gasteiger partial charge in [0.05, 0.1) is 16.2 Å². The van der Waals surface area contributed by atoms with Crippen LogP contribution in [0, 0.1) is 0 Å². The quantitative estimate of drug-likeness (QED) is 0.289. The second-order valence-electron chi connectivity index (χ2n) is 9.47. The fraction of sp³-hybridized carbons (Fsp3) is 0.233. The van der Waals surface area contributed by atoms with Crippen LogP contribution in [-0.4, -0.2) is 31.7 Å². The largest absolute Gasteiger partial charge is 0.489 e. The van der Waals surface area contributed by atoms with Crippen LogP contribution in [0.4, 0.5) is 0 Å². The van der Waals surface area contributed by atoms with E-state index in [0.29, 0.717) is 61.9 Å². The molecule has 39 heavy (non-hydrogen) atoms. The average Bonchev–Trinajstić information content (AvgIpc) is 3.42. The summed E-state index contributed by atoms with van der Waals surface area (Å²) in [5.74, 6) is 1.22. The molecule has 0 aliphatic carbocycles. The van der Waals surface area contributed by atoms with Crippen LogP contribution in [0.2, 0.25) is 0 Å². The van der Waals surface area contributed by atoms with Crippen LogP contribution in [0.3, 0.4) is 0 Å². The smallest absolute Gasteiger partial charge is 0.238 e. The normalized spacial score (nSPS) is 15.7. The highest BCUT2D eigenvalue weighted by molar-refractivity contribution is 7.89. The molecule has 0 atom stereocenters. The second kappa shape index (κ2) is 11.5. The first-order valence-corrected chi connectivity index (χ1v) is 14.2. The Labute approximate surface area is 227 Å². The van der Waals surface area contributed by atoms with Gasteiger partial charge in [0, 0.05) is 43.6 Å². The van der Waals surface area contributed by atoms with Crippen molar-refractivity contribution in [3.05, 3.63) is 114 Å². The zero-order valence-electron chi connectivity index (χ0n) is 21.3. The molecule has 1 aliphatic heterocycles. The number of ether oxygens (including phenoxy) is 2. The summed E-state index contributed by atoms with van der Waals surface area (Å²) >= 11 is 0. The Hall–Kier alpha value is -3.76. The van der Waals surface area contributed by atoms with Crippen molar-refractivity contribution in [2.45, 2.75) is 36.4 Å². The SMILES string of the molecule is NS(=O)(=O)c1ccc(-c2ocnc2C/C=C(/OCc2cccc(C3(O)CCOCC3)c2)c2ccccc2)cc1. The van der Waals surface area contributed by atoms with E-state index in [1.165, 1.54) is 18.5 Å². The number of hydrogen-bond acceptors (Lipinski definition) is 7. The van der Waals surface area contributed by atoms with E-state index >= 15 is 0 Å². The molecule has 3 aromatic carbocycles. The van der Waals surface area contributed by atoms with E-state index in [2.05, 4.69) is 4.98 Å². The maximum Gasteiger partial charge on any atom is 0.238 e. The molecule has 3 N–H and O–H groups in total. The Morgan fingerprint density at radius 1 is 1.03 bits per heavy atom. The van der Waals surface area contributed by atoms with Gasteiger partial charge in [0.2, 0.25) is 10.0 Å². The van der Waals surface area contributed by atoms with Crippen molar-refractivity contribution in [3.8, 4) is 11.3 Å². The van der Waals surface area contributed by atoms with Gasteiger partial charge in [-0.3, -0.25) is 0 Å². The molecule has 2 heterocycles. The molecule has 0 unspecified atom stereocenters. The lowest BCUT2D eigenvalue weighted by Gasteiger charge is -2.32. The maximum atomic E-state index is 11.6. The van der Waals surface area contributed by atoms with Crippen LogP contribution in [0.1, 0.15) is 35.2 Å². The summed E-state index contributed by atoms with van der Waals surface area (Å²) in [5.41, 5.74) is 3.22. The molecule has 0 amide bonds. The van der Waals surface area contributed by atoms with Crippen LogP contribution in [0.25, 0.3) is 17.1 Å². The highest BCUT2D eigenvalue weighted by Gasteiger charge is 2.31. The maximum absolute atomic E-state index is 11.6. The van der Waals surface area contributed by atoms with Crippen molar-refractivity contribution < 1.29 is 27.4 Å². The fourth-order valence-corrected chi connectivity index (χ4v) is 5.12. The van der Waals surface area contributed by atoms with Crippen LogP contribution in [-0.2, 0) is 38.1 Å². The van der Waals surface area contributed by atoms with Gasteiger partial charge in [-0.1, -0.05) is 48.5 Å². The number of oxazole rings is 1. The lowest BCUT2D eigenvalue weighted by molar-refractivity contribution is -0.0679. The minimum atomic E-state index is -3.78. The summed E-state index contributed by atoms with van der Waals surface area (Å²) in [6.07, 6.45) is 4.87. The molecule has 1 aromatic heterocycles. The third-order valence-electron chi connectivity index (χ3n) is 6.80. The molecule has 5 rings (SSSR count). The van der Waals surface area contributed by atoms with Gasteiger partial charge in [0.15, 0.2) is 12.2 Å². The van der Waals surface area contributed by atoms with Crippen molar-refractivity contribution in [3.63, 3.8) is 0 Å². The molecule has 8 nitrogen and oxygen atoms in total. The van der Waals surface area contributed by atoms with Gasteiger partial charge in [0.25, 0.3) is 0 Å². The Kier molecular flexibility index (Phi) is 7.94. The van der Waals surface area contributed by atoms with Gasteiger partial charge in [-0.15, -0.1) is 0 Å². The van der Waals surface area contributed by atoms with Gasteiger partial charge < -0.3 is 19.0 Å². The average molecular weight is 547 g/mol. The summed E-state index contributed by atoms with van der Waals surface area (Å²) in [6, 6.07) is 23.8. The number of primary sulfonamides is 1. The van der Waals surface area contributed by atoms with Crippen LogP contribution >= 0.6 is 0 Å². The Morgan fingerprint density at radius 3 is 2.49 bits per heavy atom. The number of nitrogens with two attached hydrogens (primary N) is 1. The topological polar surface area (TPSA) is 125 Å². The molecule has 1 aliphatic rings. The van der Waals surface area contributed by atoms with Crippen LogP contribution in [0.5, 0.6) is 0 Å². The van der Waals surface area contributed by atoms with E-state index in [9.17, 15) is 13.5 Å². The number of sulfonamides is 1. The third kappa shape index (κ3) is 6.46. The van der Waals surface area contributed by atoms with Crippen molar-refractivity contribution in [1.82, 2.24) is 4.98 Å². The summed E-state index contributed by atoms with van der Waals surface area (Å²) in [5, 5.41) is 16.3. The minimum Gasteiger partial charge on any atom is -0.489 e. The minimum absolute atomic E-state index is 0.0278. The first-order chi connectivity index (χ1) is 18.8. The highest BCUT2D eigenvalue weighted by atomic mass is 32.2. The van der Waals surface area contributed by atoms with Gasteiger partial charge in [-0.2, -0.15) is 0 Å². The summed E-state index contributed by atoms with van der Waals surface area (Å²) in [7, 11) is -3.78. The Bertz CT molecular complexity index is 1540. The van der Waals surface area contributed by atoms with E-state index < -0.39 is 15.6 Å². The standard InChI is InChI=1S/C30H30N2O6S/c31-39(34,35)26-11-9-24(10-12-26)29-27(32-21-38-29)13-14-28(23-6-2-1-3-7-23)37-20-22-5-4-8-25(19-22)30(33)15-17-36-18-16-30/h1-12,14,19,21,33H,13,15-18,20H2,(H2,31,34,35)/b28-14+. The van der Waals surface area contributed by atoms with E-state index in [0.717, 1.165) is 16.7 Å². The zero-order chi connectivity index (χ0) is 27.3. The summed E-state index contributed by atoms with van der Waals surface area (Å²) < 4.78 is 40.5. The predicted octanol–water partition coefficient (Wildman–Crippen LogP) is 4.79. The number of hydrogen-bond donors (Lipinski definition) is 2. The van der Waals surface area contributed by atoms with E-state index in [4.69, 9.17) is 19.0 Å². The number of aromatic nitrogens is 1. The molecule has 0 saturated carbocycles. The summed E-state index contributed by atoms with van der Waals surface area (Å²) in [6.45, 7) is 1.40. The molecular weight excluding hydrogens is 516 g/mol. The molecule has 1 saturated heterocycles. The predicted molar refractivity (Wildman–Crippen MR) is 147 cm³/mol. The first kappa shape index (κ1) is 26.8. The van der Waals surface area contributed by atoms with Crippen molar-refractivity contribution in [2.24, 2.45) is 5.14 Å². The molecule has 4 aromatic rings. The van der Waals surface area contributed by atoms with Crippen LogP contribution in [0.15, 0.2) is 101 Å². The van der Waals surface area contributed by atoms with E-state index in [1.54, 1.807) is 12.1 Å². The van der Waals surface area contributed by atoms with Gasteiger partial charge in [-0.05, 0) is 47.5 Å². The number of rotatable bonds is 9. The van der Waals surface area contributed by atoms with E-state index in [1.807, 2.05) is 60.7 Å². The lowest BCUT2D eigenvalue weighted by Crippen LogP contribution is -2.33. The number of nitrogens with zero attached hydrogens (tertiary/aromatic N) is 1. The number of aliphatic hydroxyl groups is 1. The monoisotopic (exact) mass is 546 g/mol. The Morgan fingerprint density at radius 2 is 1.77 bits per heavy atom. The third-order valence-corrected chi connectivity index (χ3v) is 7.73. The number of allylic oxidation sites excluding steroid dienone is 1. The molecule has 202 valence electrons. The molecule has 0 bridgehead atoms. The Balaban J connectivity index is 1.36. The first-order valence-electron chi connectivity index (χ1n) is 12.7. The fourth-order valence-electron chi connectivity index (χ4n) is 4.61. The van der Waals surface area contributed by atoms with Gasteiger partial charge >= 0.3 is 0 Å². The van der Waals surface area contributed by atoms with E-state index in [-0.39, 0.29) is 4.90 Å². The van der Waals surface area contributed by atoms with Gasteiger partial charge in [-0.25, -0.2) is 18.5 Å². The van der Waals surface area contributed by atoms with Gasteiger partial charge in [0.1, 0.15) is 12.4 Å². The van der Waals surface area contributed by atoms with Crippen molar-refractivity contribution in [2.75, 3.05) is 13.2 Å². The molecule has 0 spiro atoms. The van der Waals surface area contributed by atoms with Crippen molar-refractivity contribution >= 4 is 15.8 Å². The second-order valence-corrected chi connectivity index (χ2v) is 11.0. The lowest BCUT2D eigenvalue weighted by atomic mass is 9.86. The van der Waals surface area contributed by atoms with Crippen LogP contribution < -0.4 is 5.14 Å². The molecule has 9 heteroatoms. The zero-order valence-corrected chi connectivity index (χ0v) is 22.1.